The fourth-order valence-electron chi connectivity index (χ4n) is 4.57. The van der Waals surface area contributed by atoms with Gasteiger partial charge in [0, 0.05) is 48.0 Å². The highest BCUT2D eigenvalue weighted by molar-refractivity contribution is 7.99. The summed E-state index contributed by atoms with van der Waals surface area (Å²) < 4.78 is 5.30. The standard InChI is InChI=1S/C33H43N3O4S/c1-5-15-36(16-6-2)33(39)27-18-24(3)17-26(20-27)32(38)35-30(23-41-29-13-8-7-9-14-29)31(37)22-34-21-25-11-10-12-28(19-25)40-4/h7-14,17-20,30-31,34,37H,5-6,15-16,21-23H2,1-4H3,(H,35,38)/t30-,31+/m0/s1. The third-order valence-corrected chi connectivity index (χ3v) is 7.76. The Balaban J connectivity index is 1.73. The van der Waals surface area contributed by atoms with Crippen LogP contribution in [0.5, 0.6) is 5.75 Å². The van der Waals surface area contributed by atoms with Gasteiger partial charge < -0.3 is 25.4 Å². The molecular weight excluding hydrogens is 534 g/mol. The Morgan fingerprint density at radius 1 is 0.951 bits per heavy atom. The number of amides is 2. The molecule has 41 heavy (non-hydrogen) atoms. The molecule has 0 aliphatic carbocycles. The quantitative estimate of drug-likeness (QED) is 0.200. The van der Waals surface area contributed by atoms with E-state index in [-0.39, 0.29) is 18.4 Å². The number of ether oxygens (including phenoxy) is 1. The van der Waals surface area contributed by atoms with Crippen LogP contribution >= 0.6 is 11.8 Å². The van der Waals surface area contributed by atoms with Crippen molar-refractivity contribution in [3.63, 3.8) is 0 Å². The van der Waals surface area contributed by atoms with Gasteiger partial charge in [-0.25, -0.2) is 0 Å². The number of carbonyl (C=O) groups is 2. The van der Waals surface area contributed by atoms with Crippen molar-refractivity contribution in [3.8, 4) is 5.75 Å². The normalized spacial score (nSPS) is 12.4. The lowest BCUT2D eigenvalue weighted by atomic mass is 10.0. The second kappa shape index (κ2) is 16.8. The zero-order chi connectivity index (χ0) is 29.6. The second-order valence-electron chi connectivity index (χ2n) is 10.1. The van der Waals surface area contributed by atoms with Gasteiger partial charge in [-0.05, 0) is 73.4 Å². The molecule has 0 aliphatic heterocycles. The van der Waals surface area contributed by atoms with E-state index in [1.807, 2.05) is 72.5 Å². The monoisotopic (exact) mass is 577 g/mol. The van der Waals surface area contributed by atoms with Crippen LogP contribution in [0.2, 0.25) is 0 Å². The van der Waals surface area contributed by atoms with Crippen molar-refractivity contribution >= 4 is 23.6 Å². The molecule has 0 saturated carbocycles. The van der Waals surface area contributed by atoms with Gasteiger partial charge in [0.15, 0.2) is 0 Å². The molecule has 3 aromatic rings. The lowest BCUT2D eigenvalue weighted by molar-refractivity contribution is 0.0755. The molecule has 0 unspecified atom stereocenters. The number of rotatable bonds is 16. The summed E-state index contributed by atoms with van der Waals surface area (Å²) in [5, 5.41) is 17.5. The minimum absolute atomic E-state index is 0.0654. The van der Waals surface area contributed by atoms with Crippen LogP contribution in [0.15, 0.2) is 77.7 Å². The van der Waals surface area contributed by atoms with Crippen LogP contribution in [-0.4, -0.2) is 66.5 Å². The number of nitrogens with one attached hydrogen (secondary N) is 2. The maximum absolute atomic E-state index is 13.5. The fraction of sp³-hybridized carbons (Fsp3) is 0.394. The summed E-state index contributed by atoms with van der Waals surface area (Å²) >= 11 is 1.58. The maximum atomic E-state index is 13.5. The van der Waals surface area contributed by atoms with E-state index in [1.165, 1.54) is 0 Å². The zero-order valence-electron chi connectivity index (χ0n) is 24.6. The third-order valence-electron chi connectivity index (χ3n) is 6.63. The number of nitrogens with zero attached hydrogens (tertiary/aromatic N) is 1. The molecule has 3 N–H and O–H groups in total. The number of thioether (sulfide) groups is 1. The number of benzene rings is 3. The summed E-state index contributed by atoms with van der Waals surface area (Å²) in [6.07, 6.45) is 0.904. The lowest BCUT2D eigenvalue weighted by Crippen LogP contribution is -2.49. The van der Waals surface area contributed by atoms with E-state index >= 15 is 0 Å². The van der Waals surface area contributed by atoms with Crippen molar-refractivity contribution in [3.05, 3.63) is 95.1 Å². The summed E-state index contributed by atoms with van der Waals surface area (Å²) in [5.74, 6) is 0.879. The second-order valence-corrected chi connectivity index (χ2v) is 11.2. The molecule has 3 aromatic carbocycles. The van der Waals surface area contributed by atoms with E-state index < -0.39 is 12.1 Å². The predicted molar refractivity (Wildman–Crippen MR) is 167 cm³/mol. The summed E-state index contributed by atoms with van der Waals surface area (Å²) in [6, 6.07) is 22.4. The van der Waals surface area contributed by atoms with Crippen LogP contribution in [0, 0.1) is 6.92 Å². The average molecular weight is 578 g/mol. The largest absolute Gasteiger partial charge is 0.497 e. The zero-order valence-corrected chi connectivity index (χ0v) is 25.4. The van der Waals surface area contributed by atoms with Crippen molar-refractivity contribution in [2.24, 2.45) is 0 Å². The smallest absolute Gasteiger partial charge is 0.253 e. The number of hydrogen-bond donors (Lipinski definition) is 3. The van der Waals surface area contributed by atoms with Gasteiger partial charge in [0.2, 0.25) is 0 Å². The topological polar surface area (TPSA) is 90.9 Å². The number of carbonyl (C=O) groups excluding carboxylic acids is 2. The summed E-state index contributed by atoms with van der Waals surface area (Å²) in [5.41, 5.74) is 2.79. The SMILES string of the molecule is CCCN(CCC)C(=O)c1cc(C)cc(C(=O)N[C@@H](CSc2ccccc2)[C@H](O)CNCc2cccc(OC)c2)c1. The summed E-state index contributed by atoms with van der Waals surface area (Å²) in [4.78, 5) is 29.6. The minimum Gasteiger partial charge on any atom is -0.497 e. The molecule has 2 atom stereocenters. The van der Waals surface area contributed by atoms with Crippen LogP contribution < -0.4 is 15.4 Å². The number of aliphatic hydroxyl groups excluding tert-OH is 1. The van der Waals surface area contributed by atoms with Crippen molar-refractivity contribution in [1.82, 2.24) is 15.5 Å². The van der Waals surface area contributed by atoms with Gasteiger partial charge in [-0.15, -0.1) is 11.8 Å². The molecule has 0 fully saturated rings. The Hall–Kier alpha value is -3.33. The highest BCUT2D eigenvalue weighted by Crippen LogP contribution is 2.20. The maximum Gasteiger partial charge on any atom is 0.253 e. The van der Waals surface area contributed by atoms with Crippen LogP contribution in [0.1, 0.15) is 58.5 Å². The van der Waals surface area contributed by atoms with Crippen LogP contribution in [0.3, 0.4) is 0 Å². The van der Waals surface area contributed by atoms with E-state index in [9.17, 15) is 14.7 Å². The van der Waals surface area contributed by atoms with Gasteiger partial charge in [0.25, 0.3) is 11.8 Å². The van der Waals surface area contributed by atoms with Crippen LogP contribution in [-0.2, 0) is 6.54 Å². The van der Waals surface area contributed by atoms with Crippen LogP contribution in [0.25, 0.3) is 0 Å². The van der Waals surface area contributed by atoms with Crippen molar-refractivity contribution in [2.45, 2.75) is 57.2 Å². The fourth-order valence-corrected chi connectivity index (χ4v) is 5.59. The Kier molecular flexibility index (Phi) is 13.2. The summed E-state index contributed by atoms with van der Waals surface area (Å²) in [7, 11) is 1.63. The van der Waals surface area contributed by atoms with Gasteiger partial charge in [-0.2, -0.15) is 0 Å². The molecule has 0 saturated heterocycles. The van der Waals surface area contributed by atoms with Gasteiger partial charge in [0.1, 0.15) is 5.75 Å². The Morgan fingerprint density at radius 3 is 2.34 bits per heavy atom. The Bertz CT molecular complexity index is 1250. The minimum atomic E-state index is -0.837. The first-order valence-corrected chi connectivity index (χ1v) is 15.2. The number of hydrogen-bond acceptors (Lipinski definition) is 6. The van der Waals surface area contributed by atoms with Gasteiger partial charge >= 0.3 is 0 Å². The molecule has 220 valence electrons. The van der Waals surface area contributed by atoms with Crippen molar-refractivity contribution in [1.29, 1.82) is 0 Å². The third kappa shape index (κ3) is 10.2. The predicted octanol–water partition coefficient (Wildman–Crippen LogP) is 5.31. The first-order valence-electron chi connectivity index (χ1n) is 14.3. The highest BCUT2D eigenvalue weighted by Gasteiger charge is 2.24. The highest BCUT2D eigenvalue weighted by atomic mass is 32.2. The molecule has 3 rings (SSSR count). The lowest BCUT2D eigenvalue weighted by Gasteiger charge is -2.25. The molecule has 0 aliphatic rings. The van der Waals surface area contributed by atoms with E-state index in [4.69, 9.17) is 4.74 Å². The Labute approximate surface area is 248 Å². The molecule has 0 bridgehead atoms. The van der Waals surface area contributed by atoms with Crippen LogP contribution in [0.4, 0.5) is 0 Å². The molecule has 7 nitrogen and oxygen atoms in total. The molecule has 0 spiro atoms. The number of aryl methyl sites for hydroxylation is 1. The Morgan fingerprint density at radius 2 is 1.66 bits per heavy atom. The molecule has 2 amide bonds. The van der Waals surface area contributed by atoms with Gasteiger partial charge in [0.05, 0.1) is 19.3 Å². The summed E-state index contributed by atoms with van der Waals surface area (Å²) in [6.45, 7) is 8.18. The first-order chi connectivity index (χ1) is 19.8. The number of aliphatic hydroxyl groups is 1. The molecule has 0 heterocycles. The van der Waals surface area contributed by atoms with E-state index in [2.05, 4.69) is 24.5 Å². The molecule has 0 radical (unpaired) electrons. The van der Waals surface area contributed by atoms with E-state index in [0.29, 0.717) is 36.5 Å². The van der Waals surface area contributed by atoms with Crippen molar-refractivity contribution in [2.75, 3.05) is 32.5 Å². The number of methoxy groups -OCH3 is 1. The first kappa shape index (κ1) is 32.2. The molecule has 8 heteroatoms. The van der Waals surface area contributed by atoms with Crippen molar-refractivity contribution < 1.29 is 19.4 Å². The average Bonchev–Trinajstić information content (AvgIpc) is 2.98. The van der Waals surface area contributed by atoms with E-state index in [0.717, 1.165) is 34.6 Å². The van der Waals surface area contributed by atoms with E-state index in [1.54, 1.807) is 31.0 Å². The molecule has 0 aromatic heterocycles. The van der Waals surface area contributed by atoms with Gasteiger partial charge in [-0.1, -0.05) is 44.2 Å². The molecular formula is C33H43N3O4S. The van der Waals surface area contributed by atoms with Gasteiger partial charge in [-0.3, -0.25) is 9.59 Å².